The number of methoxy groups -OCH3 is 1. The monoisotopic (exact) mass is 527 g/mol. The Labute approximate surface area is 222 Å². The molecule has 0 spiro atoms. The molecule has 2 aliphatic rings. The number of carbonyl (C=O) groups is 2. The van der Waals surface area contributed by atoms with Crippen LogP contribution in [0.25, 0.3) is 5.57 Å². The molecule has 8 nitrogen and oxygen atoms in total. The van der Waals surface area contributed by atoms with Crippen molar-refractivity contribution in [3.05, 3.63) is 116 Å². The maximum atomic E-state index is 14.1. The summed E-state index contributed by atoms with van der Waals surface area (Å²) in [4.78, 5) is 47.4. The summed E-state index contributed by atoms with van der Waals surface area (Å²) in [6, 6.07) is 13.7. The minimum absolute atomic E-state index is 0.0178. The van der Waals surface area contributed by atoms with Crippen LogP contribution in [0.15, 0.2) is 94.9 Å². The van der Waals surface area contributed by atoms with E-state index >= 15 is 0 Å². The van der Waals surface area contributed by atoms with Crippen LogP contribution in [0, 0.1) is 0 Å². The second-order valence-electron chi connectivity index (χ2n) is 8.66. The van der Waals surface area contributed by atoms with E-state index in [1.54, 1.807) is 49.3 Å². The van der Waals surface area contributed by atoms with Crippen molar-refractivity contribution in [2.45, 2.75) is 13.0 Å². The maximum Gasteiger partial charge on any atom is 0.338 e. The maximum absolute atomic E-state index is 14.1. The third-order valence-corrected chi connectivity index (χ3v) is 7.50. The van der Waals surface area contributed by atoms with E-state index < -0.39 is 17.6 Å². The number of nitrogens with zero attached hydrogens (tertiary/aromatic N) is 3. The molecule has 1 amide bonds. The second kappa shape index (κ2) is 10.1. The molecule has 2 aromatic carbocycles. The molecule has 0 saturated carbocycles. The van der Waals surface area contributed by atoms with Gasteiger partial charge >= 0.3 is 5.97 Å². The molecule has 192 valence electrons. The highest BCUT2D eigenvalue weighted by molar-refractivity contribution is 7.07. The fraction of sp³-hybridized carbons (Fsp3) is 0.172. The summed E-state index contributed by atoms with van der Waals surface area (Å²) in [6.07, 6.45) is 3.12. The highest BCUT2D eigenvalue weighted by atomic mass is 32.1. The Morgan fingerprint density at radius 2 is 1.84 bits per heavy atom. The Balaban J connectivity index is 1.78. The zero-order valence-electron chi connectivity index (χ0n) is 21.0. The highest BCUT2D eigenvalue weighted by Crippen LogP contribution is 2.35. The quantitative estimate of drug-likeness (QED) is 0.348. The SMILES string of the molecule is C=CCOC(=O)C1=C(C)N=c2s/c(=C3\C(=O)N(CC=C)c4ccccc43)c(=O)n2[C@@H]1c1ccc(OC)cc1. The molecule has 0 radical (unpaired) electrons. The molecule has 2 aliphatic heterocycles. The van der Waals surface area contributed by atoms with Gasteiger partial charge in [-0.05, 0) is 30.7 Å². The number of fused-ring (bicyclic) bond motifs is 2. The van der Waals surface area contributed by atoms with Crippen LogP contribution in [0.5, 0.6) is 5.75 Å². The van der Waals surface area contributed by atoms with Gasteiger partial charge in [-0.1, -0.05) is 60.4 Å². The number of para-hydroxylation sites is 1. The zero-order valence-corrected chi connectivity index (χ0v) is 21.8. The van der Waals surface area contributed by atoms with Gasteiger partial charge < -0.3 is 14.4 Å². The first-order valence-corrected chi connectivity index (χ1v) is 12.7. The number of ether oxygens (including phenoxy) is 2. The number of esters is 1. The van der Waals surface area contributed by atoms with E-state index in [0.29, 0.717) is 39.5 Å². The molecule has 0 saturated heterocycles. The van der Waals surface area contributed by atoms with E-state index in [-0.39, 0.29) is 22.6 Å². The molecule has 3 aromatic rings. The number of hydrogen-bond acceptors (Lipinski definition) is 7. The number of benzene rings is 2. The topological polar surface area (TPSA) is 90.2 Å². The fourth-order valence-electron chi connectivity index (χ4n) is 4.76. The molecule has 0 fully saturated rings. The van der Waals surface area contributed by atoms with Gasteiger partial charge in [-0.15, -0.1) is 6.58 Å². The van der Waals surface area contributed by atoms with Gasteiger partial charge in [-0.25, -0.2) is 9.79 Å². The zero-order chi connectivity index (χ0) is 27.0. The number of hydrogen-bond donors (Lipinski definition) is 0. The Hall–Kier alpha value is -4.50. The van der Waals surface area contributed by atoms with Gasteiger partial charge in [0.05, 0.1) is 35.7 Å². The van der Waals surface area contributed by atoms with Crippen molar-refractivity contribution in [3.8, 4) is 5.75 Å². The molecule has 1 aromatic heterocycles. The Morgan fingerprint density at radius 3 is 2.53 bits per heavy atom. The van der Waals surface area contributed by atoms with E-state index in [2.05, 4.69) is 18.2 Å². The summed E-state index contributed by atoms with van der Waals surface area (Å²) < 4.78 is 12.4. The Morgan fingerprint density at radius 1 is 1.11 bits per heavy atom. The van der Waals surface area contributed by atoms with Crippen LogP contribution >= 0.6 is 11.3 Å². The van der Waals surface area contributed by atoms with Gasteiger partial charge in [0, 0.05) is 12.1 Å². The number of anilines is 1. The van der Waals surface area contributed by atoms with Crippen LogP contribution in [0.1, 0.15) is 24.1 Å². The molecule has 9 heteroatoms. The fourth-order valence-corrected chi connectivity index (χ4v) is 5.89. The predicted molar refractivity (Wildman–Crippen MR) is 146 cm³/mol. The molecule has 3 heterocycles. The van der Waals surface area contributed by atoms with E-state index in [9.17, 15) is 14.4 Å². The molecule has 5 rings (SSSR count). The first-order valence-electron chi connectivity index (χ1n) is 11.9. The van der Waals surface area contributed by atoms with Gasteiger partial charge in [0.1, 0.15) is 16.9 Å². The molecule has 0 aliphatic carbocycles. The lowest BCUT2D eigenvalue weighted by Gasteiger charge is -2.24. The number of amides is 1. The molecular formula is C29H25N3O5S. The standard InChI is InChI=1S/C29H25N3O5S/c1-5-15-31-21-10-8-7-9-20(21)23(26(31)33)25-27(34)32-24(18-11-13-19(36-4)14-12-18)22(28(35)37-16-6-2)17(3)30-29(32)38-25/h5-14,24H,1-2,15-16H2,3-4H3/b25-23-/t24-/m1/s1. The van der Waals surface area contributed by atoms with E-state index in [0.717, 1.165) is 17.0 Å². The van der Waals surface area contributed by atoms with Gasteiger partial charge in [0.25, 0.3) is 11.5 Å². The van der Waals surface area contributed by atoms with E-state index in [1.165, 1.54) is 10.6 Å². The molecular weight excluding hydrogens is 502 g/mol. The van der Waals surface area contributed by atoms with Gasteiger partial charge in [0.15, 0.2) is 4.80 Å². The minimum atomic E-state index is -0.806. The summed E-state index contributed by atoms with van der Waals surface area (Å²) in [5.41, 5.74) is 2.65. The predicted octanol–water partition coefficient (Wildman–Crippen LogP) is 2.88. The summed E-state index contributed by atoms with van der Waals surface area (Å²) in [7, 11) is 1.56. The Bertz CT molecular complexity index is 1690. The molecule has 1 atom stereocenters. The van der Waals surface area contributed by atoms with Crippen molar-refractivity contribution in [1.82, 2.24) is 4.57 Å². The van der Waals surface area contributed by atoms with Crippen molar-refractivity contribution >= 4 is 34.5 Å². The van der Waals surface area contributed by atoms with Crippen molar-refractivity contribution < 1.29 is 19.1 Å². The second-order valence-corrected chi connectivity index (χ2v) is 9.64. The van der Waals surface area contributed by atoms with Gasteiger partial charge in [-0.2, -0.15) is 0 Å². The summed E-state index contributed by atoms with van der Waals surface area (Å²) in [5.74, 6) is -0.238. The third kappa shape index (κ3) is 4.01. The van der Waals surface area contributed by atoms with E-state index in [1.807, 2.05) is 24.3 Å². The summed E-state index contributed by atoms with van der Waals surface area (Å²) in [5, 5.41) is 0. The lowest BCUT2D eigenvalue weighted by molar-refractivity contribution is -0.138. The third-order valence-electron chi connectivity index (χ3n) is 6.44. The molecule has 38 heavy (non-hydrogen) atoms. The van der Waals surface area contributed by atoms with Crippen LogP contribution < -0.4 is 24.5 Å². The average molecular weight is 528 g/mol. The van der Waals surface area contributed by atoms with Crippen LogP contribution in [-0.4, -0.2) is 36.7 Å². The lowest BCUT2D eigenvalue weighted by atomic mass is 9.96. The van der Waals surface area contributed by atoms with Crippen molar-refractivity contribution in [2.24, 2.45) is 4.99 Å². The first kappa shape index (κ1) is 25.2. The van der Waals surface area contributed by atoms with Crippen LogP contribution in [0.4, 0.5) is 5.69 Å². The normalized spacial score (nSPS) is 17.5. The van der Waals surface area contributed by atoms with Crippen molar-refractivity contribution in [1.29, 1.82) is 0 Å². The number of aromatic nitrogens is 1. The number of thiazole rings is 1. The first-order chi connectivity index (χ1) is 18.4. The van der Waals surface area contributed by atoms with Crippen LogP contribution in [0.2, 0.25) is 0 Å². The number of rotatable bonds is 7. The van der Waals surface area contributed by atoms with Gasteiger partial charge in [-0.3, -0.25) is 14.2 Å². The number of allylic oxidation sites excluding steroid dienone is 1. The smallest absolute Gasteiger partial charge is 0.338 e. The van der Waals surface area contributed by atoms with E-state index in [4.69, 9.17) is 9.47 Å². The summed E-state index contributed by atoms with van der Waals surface area (Å²) in [6.45, 7) is 9.41. The summed E-state index contributed by atoms with van der Waals surface area (Å²) >= 11 is 1.13. The minimum Gasteiger partial charge on any atom is -0.497 e. The Kier molecular flexibility index (Phi) is 6.69. The van der Waals surface area contributed by atoms with Gasteiger partial charge in [0.2, 0.25) is 0 Å². The lowest BCUT2D eigenvalue weighted by Crippen LogP contribution is -2.41. The molecule has 0 unspecified atom stereocenters. The van der Waals surface area contributed by atoms with Crippen LogP contribution in [-0.2, 0) is 14.3 Å². The molecule has 0 bridgehead atoms. The van der Waals surface area contributed by atoms with Crippen molar-refractivity contribution in [2.75, 3.05) is 25.2 Å². The van der Waals surface area contributed by atoms with Crippen LogP contribution in [0.3, 0.4) is 0 Å². The highest BCUT2D eigenvalue weighted by Gasteiger charge is 2.37. The van der Waals surface area contributed by atoms with Crippen molar-refractivity contribution in [3.63, 3.8) is 0 Å². The average Bonchev–Trinajstić information content (AvgIpc) is 3.39. The molecule has 0 N–H and O–H groups in total. The number of carbonyl (C=O) groups excluding carboxylic acids is 2. The largest absolute Gasteiger partial charge is 0.497 e.